The summed E-state index contributed by atoms with van der Waals surface area (Å²) in [7, 11) is 0. The molecule has 5 nitrogen and oxygen atoms in total. The number of rotatable bonds is 8. The van der Waals surface area contributed by atoms with Gasteiger partial charge in [-0.3, -0.25) is 4.68 Å². The molecule has 1 atom stereocenters. The second-order valence-electron chi connectivity index (χ2n) is 12.2. The highest BCUT2D eigenvalue weighted by Crippen LogP contribution is 2.46. The molecule has 0 saturated heterocycles. The fraction of sp³-hybridized carbons (Fsp3) is 0.0930. The number of nitrogens with zero attached hydrogens (tertiary/aromatic N) is 4. The minimum absolute atomic E-state index is 0.297. The smallest absolute Gasteiger partial charge is 0.154 e. The molecule has 0 saturated carbocycles. The molecule has 0 spiro atoms. The molecule has 2 heterocycles. The van der Waals surface area contributed by atoms with Gasteiger partial charge in [0.25, 0.3) is 0 Å². The minimum atomic E-state index is -0.859. The molecule has 0 N–H and O–H groups in total. The van der Waals surface area contributed by atoms with Crippen LogP contribution in [0.3, 0.4) is 0 Å². The number of ether oxygens (including phenoxy) is 1. The minimum Gasteiger partial charge on any atom is -0.483 e. The molecule has 0 bridgehead atoms. The number of hydrogen-bond acceptors (Lipinski definition) is 4. The van der Waals surface area contributed by atoms with Gasteiger partial charge in [0.05, 0.1) is 5.52 Å². The zero-order valence-electron chi connectivity index (χ0n) is 27.2. The molecule has 0 aliphatic carbocycles. The highest BCUT2D eigenvalue weighted by Gasteiger charge is 2.40. The van der Waals surface area contributed by atoms with Gasteiger partial charge in [-0.2, -0.15) is 5.10 Å². The van der Waals surface area contributed by atoms with Crippen LogP contribution in [0.4, 0.5) is 4.39 Å². The summed E-state index contributed by atoms with van der Waals surface area (Å²) in [5.41, 5.74) is 6.39. The molecular weight excluding hydrogens is 607 g/mol. The molecular formula is C43H33FN4O. The molecule has 6 heteroatoms. The Morgan fingerprint density at radius 3 is 1.90 bits per heavy atom. The van der Waals surface area contributed by atoms with Crippen molar-refractivity contribution in [3.8, 4) is 16.9 Å². The van der Waals surface area contributed by atoms with E-state index in [9.17, 15) is 0 Å². The third-order valence-electron chi connectivity index (χ3n) is 9.39. The Morgan fingerprint density at radius 1 is 0.735 bits per heavy atom. The Balaban J connectivity index is 1.43. The number of aromatic nitrogens is 4. The van der Waals surface area contributed by atoms with Crippen LogP contribution in [-0.4, -0.2) is 19.7 Å². The summed E-state index contributed by atoms with van der Waals surface area (Å²) < 4.78 is 24.9. The molecule has 238 valence electrons. The molecule has 49 heavy (non-hydrogen) atoms. The third-order valence-corrected chi connectivity index (χ3v) is 9.39. The highest BCUT2D eigenvalue weighted by molar-refractivity contribution is 6.02. The Morgan fingerprint density at radius 2 is 1.31 bits per heavy atom. The van der Waals surface area contributed by atoms with Crippen LogP contribution in [0.5, 0.6) is 5.75 Å². The van der Waals surface area contributed by atoms with Gasteiger partial charge in [0.15, 0.2) is 5.75 Å². The van der Waals surface area contributed by atoms with Crippen LogP contribution in [0.1, 0.15) is 40.8 Å². The van der Waals surface area contributed by atoms with Crippen LogP contribution in [0, 0.1) is 12.7 Å². The van der Waals surface area contributed by atoms with E-state index in [-0.39, 0.29) is 11.9 Å². The Hall–Kier alpha value is -6.14. The maximum Gasteiger partial charge on any atom is 0.154 e. The van der Waals surface area contributed by atoms with Crippen molar-refractivity contribution >= 4 is 21.8 Å². The molecule has 6 aromatic carbocycles. The number of fused-ring (bicyclic) bond motifs is 2. The second-order valence-corrected chi connectivity index (χ2v) is 12.2. The first kappa shape index (κ1) is 30.2. The van der Waals surface area contributed by atoms with E-state index in [4.69, 9.17) is 9.84 Å². The average Bonchev–Trinajstić information content (AvgIpc) is 3.58. The predicted molar refractivity (Wildman–Crippen MR) is 193 cm³/mol. The van der Waals surface area contributed by atoms with E-state index in [1.54, 1.807) is 6.20 Å². The van der Waals surface area contributed by atoms with Crippen molar-refractivity contribution in [3.05, 3.63) is 192 Å². The van der Waals surface area contributed by atoms with Crippen molar-refractivity contribution in [1.82, 2.24) is 19.7 Å². The molecule has 8 rings (SSSR count). The first-order chi connectivity index (χ1) is 24.1. The van der Waals surface area contributed by atoms with E-state index in [1.807, 2.05) is 116 Å². The van der Waals surface area contributed by atoms with Gasteiger partial charge in [0, 0.05) is 40.4 Å². The summed E-state index contributed by atoms with van der Waals surface area (Å²) in [4.78, 5) is 8.91. The van der Waals surface area contributed by atoms with Crippen LogP contribution in [0.2, 0.25) is 0 Å². The number of hydrogen-bond donors (Lipinski definition) is 0. The summed E-state index contributed by atoms with van der Waals surface area (Å²) >= 11 is 0. The SMILES string of the molecule is Cc1c(F)cc2nn(C(c3ccccc3)(c3ccccc3)c3ccccc3)cc2c1-c1ccc2cncnc2c1O[C@@H](C)c1ccccc1. The van der Waals surface area contributed by atoms with E-state index < -0.39 is 5.54 Å². The monoisotopic (exact) mass is 640 g/mol. The van der Waals surface area contributed by atoms with Crippen molar-refractivity contribution in [1.29, 1.82) is 0 Å². The van der Waals surface area contributed by atoms with Crippen molar-refractivity contribution in [3.63, 3.8) is 0 Å². The van der Waals surface area contributed by atoms with E-state index in [0.717, 1.165) is 38.6 Å². The summed E-state index contributed by atoms with van der Waals surface area (Å²) in [6.45, 7) is 3.83. The van der Waals surface area contributed by atoms with Crippen molar-refractivity contribution in [2.75, 3.05) is 0 Å². The first-order valence-corrected chi connectivity index (χ1v) is 16.4. The van der Waals surface area contributed by atoms with Crippen LogP contribution in [0.15, 0.2) is 158 Å². The third kappa shape index (κ3) is 5.13. The van der Waals surface area contributed by atoms with E-state index in [0.29, 0.717) is 27.9 Å². The first-order valence-electron chi connectivity index (χ1n) is 16.4. The van der Waals surface area contributed by atoms with Crippen LogP contribution >= 0.6 is 0 Å². The number of benzene rings is 6. The van der Waals surface area contributed by atoms with Gasteiger partial charge in [0.2, 0.25) is 0 Å². The lowest BCUT2D eigenvalue weighted by atomic mass is 9.77. The average molecular weight is 641 g/mol. The van der Waals surface area contributed by atoms with E-state index in [1.165, 1.54) is 12.4 Å². The van der Waals surface area contributed by atoms with Crippen molar-refractivity contribution in [2.45, 2.75) is 25.5 Å². The van der Waals surface area contributed by atoms with Crippen molar-refractivity contribution in [2.24, 2.45) is 0 Å². The maximum absolute atomic E-state index is 16.1. The lowest BCUT2D eigenvalue weighted by molar-refractivity contribution is 0.230. The van der Waals surface area contributed by atoms with Crippen LogP contribution in [-0.2, 0) is 5.54 Å². The van der Waals surface area contributed by atoms with E-state index in [2.05, 4.69) is 52.6 Å². The number of halogens is 1. The standard InChI is InChI=1S/C43H33FN4O/c1-29-38(44)25-39-37(40(29)36-24-23-32-26-45-28-46-41(32)42(36)49-30(2)31-15-7-3-8-16-31)27-48(47-39)43(33-17-9-4-10-18-33,34-19-11-5-12-20-34)35-21-13-6-14-22-35/h3-28,30H,1-2H3/t30-/m0/s1. The molecule has 0 fully saturated rings. The summed E-state index contributed by atoms with van der Waals surface area (Å²) in [5.74, 6) is 0.224. The fourth-order valence-corrected chi connectivity index (χ4v) is 7.00. The molecule has 0 aliphatic heterocycles. The van der Waals surface area contributed by atoms with Crippen molar-refractivity contribution < 1.29 is 9.13 Å². The lowest BCUT2D eigenvalue weighted by Crippen LogP contribution is -2.38. The predicted octanol–water partition coefficient (Wildman–Crippen LogP) is 10.1. The quantitative estimate of drug-likeness (QED) is 0.155. The topological polar surface area (TPSA) is 52.8 Å². The summed E-state index contributed by atoms with van der Waals surface area (Å²) in [5, 5.41) is 6.85. The zero-order chi connectivity index (χ0) is 33.4. The zero-order valence-corrected chi connectivity index (χ0v) is 27.2. The second kappa shape index (κ2) is 12.5. The van der Waals surface area contributed by atoms with Crippen LogP contribution < -0.4 is 4.74 Å². The largest absolute Gasteiger partial charge is 0.483 e. The molecule has 0 amide bonds. The molecule has 0 radical (unpaired) electrons. The van der Waals surface area contributed by atoms with Gasteiger partial charge in [-0.15, -0.1) is 0 Å². The van der Waals surface area contributed by atoms with Gasteiger partial charge < -0.3 is 4.74 Å². The Labute approximate surface area is 284 Å². The molecule has 0 unspecified atom stereocenters. The Bertz CT molecular complexity index is 2300. The highest BCUT2D eigenvalue weighted by atomic mass is 19.1. The summed E-state index contributed by atoms with van der Waals surface area (Å²) in [6.07, 6.45) is 5.05. The fourth-order valence-electron chi connectivity index (χ4n) is 7.00. The molecule has 0 aliphatic rings. The van der Waals surface area contributed by atoms with Gasteiger partial charge in [-0.25, -0.2) is 14.4 Å². The van der Waals surface area contributed by atoms with Gasteiger partial charge in [-0.1, -0.05) is 127 Å². The lowest BCUT2D eigenvalue weighted by Gasteiger charge is -2.36. The van der Waals surface area contributed by atoms with Gasteiger partial charge in [-0.05, 0) is 47.7 Å². The van der Waals surface area contributed by atoms with Crippen LogP contribution in [0.25, 0.3) is 32.9 Å². The molecule has 8 aromatic rings. The maximum atomic E-state index is 16.1. The summed E-state index contributed by atoms with van der Waals surface area (Å²) in [6, 6.07) is 46.6. The van der Waals surface area contributed by atoms with E-state index >= 15 is 4.39 Å². The normalized spacial score (nSPS) is 12.3. The van der Waals surface area contributed by atoms with Gasteiger partial charge >= 0.3 is 0 Å². The molecule has 2 aromatic heterocycles. The Kier molecular flexibility index (Phi) is 7.69. The van der Waals surface area contributed by atoms with Gasteiger partial charge in [0.1, 0.15) is 29.3 Å².